The Balaban J connectivity index is 0.00000184. The highest BCUT2D eigenvalue weighted by atomic mass is 79.9. The molecule has 29 heavy (non-hydrogen) atoms. The number of hydrogen-bond donors (Lipinski definition) is 3. The number of allylic oxidation sites excluding steroid dienone is 3. The van der Waals surface area contributed by atoms with Crippen LogP contribution in [-0.2, 0) is 6.54 Å². The van der Waals surface area contributed by atoms with Crippen molar-refractivity contribution < 1.29 is 4.79 Å². The van der Waals surface area contributed by atoms with Crippen molar-refractivity contribution in [2.24, 2.45) is 0 Å². The Morgan fingerprint density at radius 1 is 1.24 bits per heavy atom. The van der Waals surface area contributed by atoms with Crippen LogP contribution in [0.4, 0.5) is 11.4 Å². The second-order valence-corrected chi connectivity index (χ2v) is 6.03. The van der Waals surface area contributed by atoms with Crippen LogP contribution >= 0.6 is 15.9 Å². The van der Waals surface area contributed by atoms with E-state index in [4.69, 9.17) is 5.73 Å². The molecule has 156 valence electrons. The Kier molecular flexibility index (Phi) is 13.6. The largest absolute Gasteiger partial charge is 0.396 e. The molecule has 2 aromatic rings. The van der Waals surface area contributed by atoms with Crippen LogP contribution in [0.1, 0.15) is 43.6 Å². The summed E-state index contributed by atoms with van der Waals surface area (Å²) in [6, 6.07) is 9.14. The summed E-state index contributed by atoms with van der Waals surface area (Å²) in [4.78, 5) is 16.3. The van der Waals surface area contributed by atoms with Gasteiger partial charge in [-0.25, -0.2) is 4.98 Å². The van der Waals surface area contributed by atoms with Crippen LogP contribution in [0.2, 0.25) is 0 Å². The van der Waals surface area contributed by atoms with E-state index in [1.807, 2.05) is 52.0 Å². The predicted octanol–water partition coefficient (Wildman–Crippen LogP) is 6.08. The van der Waals surface area contributed by atoms with Gasteiger partial charge in [-0.2, -0.15) is 0 Å². The van der Waals surface area contributed by atoms with Crippen molar-refractivity contribution in [1.82, 2.24) is 10.3 Å². The molecule has 5 nitrogen and oxygen atoms in total. The number of aromatic nitrogens is 1. The van der Waals surface area contributed by atoms with Crippen LogP contribution in [-0.4, -0.2) is 10.9 Å². The number of halogens is 1. The summed E-state index contributed by atoms with van der Waals surface area (Å²) in [5, 5.41) is 5.96. The maximum absolute atomic E-state index is 12.3. The lowest BCUT2D eigenvalue weighted by molar-refractivity contribution is 0.0967. The number of nitrogen functional groups attached to an aromatic ring is 1. The number of anilines is 2. The lowest BCUT2D eigenvalue weighted by Gasteiger charge is -2.11. The molecule has 1 heterocycles. The Bertz CT molecular complexity index is 831. The molecule has 0 unspecified atom stereocenters. The first kappa shape index (κ1) is 26.1. The number of benzene rings is 1. The Morgan fingerprint density at radius 2 is 1.93 bits per heavy atom. The van der Waals surface area contributed by atoms with Crippen molar-refractivity contribution in [1.29, 1.82) is 0 Å². The summed E-state index contributed by atoms with van der Waals surface area (Å²) in [7, 11) is 0. The number of rotatable bonds is 7. The number of nitrogens with one attached hydrogen (secondary N) is 2. The van der Waals surface area contributed by atoms with Gasteiger partial charge in [-0.3, -0.25) is 4.79 Å². The zero-order valence-electron chi connectivity index (χ0n) is 17.6. The molecule has 0 atom stereocenters. The molecule has 2 rings (SSSR count). The third-order valence-corrected chi connectivity index (χ3v) is 3.71. The number of pyridine rings is 1. The Labute approximate surface area is 182 Å². The molecule has 0 aliphatic rings. The van der Waals surface area contributed by atoms with Gasteiger partial charge in [0, 0.05) is 17.8 Å². The van der Waals surface area contributed by atoms with E-state index < -0.39 is 0 Å². The first-order valence-electron chi connectivity index (χ1n) is 9.53. The molecule has 0 aliphatic carbocycles. The van der Waals surface area contributed by atoms with Gasteiger partial charge in [0.25, 0.3) is 5.91 Å². The minimum absolute atomic E-state index is 0.216. The molecule has 0 radical (unpaired) electrons. The molecule has 1 aromatic carbocycles. The topological polar surface area (TPSA) is 80.0 Å². The maximum atomic E-state index is 12.3. The van der Waals surface area contributed by atoms with E-state index >= 15 is 0 Å². The lowest BCUT2D eigenvalue weighted by atomic mass is 10.1. The predicted molar refractivity (Wildman–Crippen MR) is 129 cm³/mol. The minimum Gasteiger partial charge on any atom is -0.396 e. The standard InChI is InChI=1S/C19H19BrN4O.2C2H6/c1-3-4-6-13(2)24-19(25)15-8-5-7-14(9-15)11-22-17-10-18(20)23-12-16(17)21;2*1-2/h3-10,12H,1-2,11,21H2,(H,22,23)(H,24,25);2*1-2H3/b6-4-;;. The van der Waals surface area contributed by atoms with Crippen LogP contribution in [0.25, 0.3) is 0 Å². The van der Waals surface area contributed by atoms with Crippen molar-refractivity contribution in [3.8, 4) is 0 Å². The van der Waals surface area contributed by atoms with Crippen molar-refractivity contribution in [3.63, 3.8) is 0 Å². The van der Waals surface area contributed by atoms with Gasteiger partial charge in [0.1, 0.15) is 4.60 Å². The van der Waals surface area contributed by atoms with Crippen molar-refractivity contribution >= 4 is 33.2 Å². The third-order valence-electron chi connectivity index (χ3n) is 3.28. The third kappa shape index (κ3) is 9.76. The zero-order chi connectivity index (χ0) is 22.2. The average molecular weight is 459 g/mol. The summed E-state index contributed by atoms with van der Waals surface area (Å²) in [6.07, 6.45) is 6.59. The summed E-state index contributed by atoms with van der Waals surface area (Å²) in [6.45, 7) is 15.9. The first-order valence-corrected chi connectivity index (χ1v) is 10.3. The average Bonchev–Trinajstić information content (AvgIpc) is 2.76. The number of nitrogens with zero attached hydrogens (tertiary/aromatic N) is 1. The highest BCUT2D eigenvalue weighted by molar-refractivity contribution is 9.10. The summed E-state index contributed by atoms with van der Waals surface area (Å²) >= 11 is 3.31. The normalized spacial score (nSPS) is 9.41. The monoisotopic (exact) mass is 458 g/mol. The maximum Gasteiger partial charge on any atom is 0.255 e. The molecule has 0 bridgehead atoms. The molecule has 1 aromatic heterocycles. The number of carbonyl (C=O) groups is 1. The fourth-order valence-electron chi connectivity index (χ4n) is 2.06. The van der Waals surface area contributed by atoms with Gasteiger partial charge in [-0.05, 0) is 45.8 Å². The van der Waals surface area contributed by atoms with Gasteiger partial charge in [-0.15, -0.1) is 0 Å². The number of hydrogen-bond acceptors (Lipinski definition) is 4. The molecular weight excluding hydrogens is 428 g/mol. The van der Waals surface area contributed by atoms with E-state index in [1.165, 1.54) is 0 Å². The molecule has 0 fully saturated rings. The van der Waals surface area contributed by atoms with E-state index in [1.54, 1.807) is 30.5 Å². The summed E-state index contributed by atoms with van der Waals surface area (Å²) in [5.74, 6) is -0.216. The molecular formula is C23H31BrN4O. The Morgan fingerprint density at radius 3 is 2.59 bits per heavy atom. The second kappa shape index (κ2) is 15.1. The number of nitrogens with two attached hydrogens (primary N) is 1. The molecule has 0 spiro atoms. The van der Waals surface area contributed by atoms with Gasteiger partial charge in [0.2, 0.25) is 0 Å². The Hall–Kier alpha value is -2.86. The number of amides is 1. The molecule has 0 saturated carbocycles. The highest BCUT2D eigenvalue weighted by Crippen LogP contribution is 2.21. The van der Waals surface area contributed by atoms with Crippen LogP contribution in [0.15, 0.2) is 78.2 Å². The van der Waals surface area contributed by atoms with E-state index in [0.29, 0.717) is 28.1 Å². The fraction of sp³-hybridized carbons (Fsp3) is 0.217. The number of carbonyl (C=O) groups excluding carboxylic acids is 1. The van der Waals surface area contributed by atoms with Crippen LogP contribution in [0.5, 0.6) is 0 Å². The SMILES string of the molecule is C=C/C=C\C(=C)NC(=O)c1cccc(CNc2cc(Br)ncc2N)c1.CC.CC. The molecule has 6 heteroatoms. The summed E-state index contributed by atoms with van der Waals surface area (Å²) in [5.41, 5.74) is 9.23. The summed E-state index contributed by atoms with van der Waals surface area (Å²) < 4.78 is 0.698. The van der Waals surface area contributed by atoms with Crippen LogP contribution < -0.4 is 16.4 Å². The van der Waals surface area contributed by atoms with Crippen molar-refractivity contribution in [2.75, 3.05) is 11.1 Å². The van der Waals surface area contributed by atoms with Crippen molar-refractivity contribution in [2.45, 2.75) is 34.2 Å². The molecule has 4 N–H and O–H groups in total. The van der Waals surface area contributed by atoms with Crippen LogP contribution in [0.3, 0.4) is 0 Å². The molecule has 0 saturated heterocycles. The van der Waals surface area contributed by atoms with E-state index in [2.05, 4.69) is 44.7 Å². The first-order chi connectivity index (χ1) is 14.0. The van der Waals surface area contributed by atoms with Gasteiger partial charge < -0.3 is 16.4 Å². The van der Waals surface area contributed by atoms with Gasteiger partial charge >= 0.3 is 0 Å². The van der Waals surface area contributed by atoms with Gasteiger partial charge in [-0.1, -0.05) is 65.1 Å². The van der Waals surface area contributed by atoms with E-state index in [0.717, 1.165) is 11.3 Å². The van der Waals surface area contributed by atoms with Crippen molar-refractivity contribution in [3.05, 3.63) is 89.3 Å². The second-order valence-electron chi connectivity index (χ2n) is 5.22. The molecule has 1 amide bonds. The van der Waals surface area contributed by atoms with Gasteiger partial charge in [0.15, 0.2) is 0 Å². The van der Waals surface area contributed by atoms with Crippen LogP contribution in [0, 0.1) is 0 Å². The highest BCUT2D eigenvalue weighted by Gasteiger charge is 2.07. The lowest BCUT2D eigenvalue weighted by Crippen LogP contribution is -2.21. The fourth-order valence-corrected chi connectivity index (χ4v) is 2.39. The zero-order valence-corrected chi connectivity index (χ0v) is 19.2. The minimum atomic E-state index is -0.216. The molecule has 0 aliphatic heterocycles. The van der Waals surface area contributed by atoms with E-state index in [-0.39, 0.29) is 5.91 Å². The van der Waals surface area contributed by atoms with E-state index in [9.17, 15) is 4.79 Å². The quantitative estimate of drug-likeness (QED) is 0.347. The van der Waals surface area contributed by atoms with Gasteiger partial charge in [0.05, 0.1) is 17.6 Å². The smallest absolute Gasteiger partial charge is 0.255 e.